The van der Waals surface area contributed by atoms with Gasteiger partial charge in [-0.3, -0.25) is 0 Å². The summed E-state index contributed by atoms with van der Waals surface area (Å²) in [7, 11) is 0. The number of carbonyl (C=O) groups is 1. The summed E-state index contributed by atoms with van der Waals surface area (Å²) in [5, 5.41) is 10.8. The van der Waals surface area contributed by atoms with Gasteiger partial charge in [0.05, 0.1) is 12.1 Å². The number of carboxylic acid groups (broad SMARTS) is 1. The maximum absolute atomic E-state index is 10.8. The van der Waals surface area contributed by atoms with E-state index in [1.165, 1.54) is 5.56 Å². The van der Waals surface area contributed by atoms with Gasteiger partial charge in [-0.2, -0.15) is 0 Å². The van der Waals surface area contributed by atoms with Crippen LogP contribution in [0.2, 0.25) is 5.02 Å². The van der Waals surface area contributed by atoms with Crippen LogP contribution >= 0.6 is 11.6 Å². The number of halogens is 1. The number of aromatic nitrogens is 1. The monoisotopic (exact) mass is 383 g/mol. The normalized spacial score (nSPS) is 11.4. The minimum absolute atomic E-state index is 0.602. The number of para-hydroxylation sites is 1. The number of nitrogens with zero attached hydrogens (tertiary/aromatic N) is 1. The molecule has 0 saturated heterocycles. The van der Waals surface area contributed by atoms with Crippen molar-refractivity contribution >= 4 is 34.7 Å². The van der Waals surface area contributed by atoms with Crippen LogP contribution in [0.15, 0.2) is 48.7 Å². The lowest BCUT2D eigenvalue weighted by molar-refractivity contribution is -0.131. The Morgan fingerprint density at radius 2 is 1.93 bits per heavy atom. The molecule has 1 aromatic heterocycles. The Bertz CT molecular complexity index is 981. The number of carboxylic acids is 1. The van der Waals surface area contributed by atoms with E-state index in [4.69, 9.17) is 21.4 Å². The second-order valence-electron chi connectivity index (χ2n) is 6.56. The van der Waals surface area contributed by atoms with Crippen molar-refractivity contribution in [3.8, 4) is 5.75 Å². The topological polar surface area (TPSA) is 51.5 Å². The van der Waals surface area contributed by atoms with Gasteiger partial charge in [0.25, 0.3) is 0 Å². The molecule has 3 rings (SSSR count). The number of hydrogen-bond acceptors (Lipinski definition) is 2. The third kappa shape index (κ3) is 4.52. The third-order valence-electron chi connectivity index (χ3n) is 4.47. The van der Waals surface area contributed by atoms with Gasteiger partial charge in [-0.1, -0.05) is 29.8 Å². The van der Waals surface area contributed by atoms with Gasteiger partial charge in [0.15, 0.2) is 0 Å². The molecule has 4 nitrogen and oxygen atoms in total. The molecule has 1 N–H and O–H groups in total. The van der Waals surface area contributed by atoms with Gasteiger partial charge in [-0.15, -0.1) is 0 Å². The fourth-order valence-electron chi connectivity index (χ4n) is 3.19. The lowest BCUT2D eigenvalue weighted by Crippen LogP contribution is -2.00. The zero-order chi connectivity index (χ0) is 19.4. The molecule has 0 unspecified atom stereocenters. The van der Waals surface area contributed by atoms with Crippen LogP contribution < -0.4 is 4.74 Å². The van der Waals surface area contributed by atoms with Gasteiger partial charge in [0.2, 0.25) is 0 Å². The van der Waals surface area contributed by atoms with E-state index in [9.17, 15) is 4.79 Å². The van der Waals surface area contributed by atoms with Gasteiger partial charge >= 0.3 is 5.97 Å². The van der Waals surface area contributed by atoms with Gasteiger partial charge in [0.1, 0.15) is 5.75 Å². The van der Waals surface area contributed by atoms with Gasteiger partial charge < -0.3 is 14.4 Å². The van der Waals surface area contributed by atoms with Crippen molar-refractivity contribution in [3.05, 3.63) is 70.4 Å². The molecule has 3 aromatic rings. The van der Waals surface area contributed by atoms with Crippen molar-refractivity contribution in [2.75, 3.05) is 6.61 Å². The zero-order valence-electron chi connectivity index (χ0n) is 15.4. The Morgan fingerprint density at radius 3 is 2.63 bits per heavy atom. The molecule has 0 spiro atoms. The summed E-state index contributed by atoms with van der Waals surface area (Å²) in [6, 6.07) is 11.9. The summed E-state index contributed by atoms with van der Waals surface area (Å²) >= 11 is 6.19. The van der Waals surface area contributed by atoms with Crippen molar-refractivity contribution in [2.24, 2.45) is 0 Å². The van der Waals surface area contributed by atoms with Gasteiger partial charge in [0, 0.05) is 28.9 Å². The molecule has 0 saturated carbocycles. The highest BCUT2D eigenvalue weighted by molar-refractivity contribution is 6.32. The van der Waals surface area contributed by atoms with Crippen LogP contribution in [0, 0.1) is 13.8 Å². The molecule has 1 heterocycles. The Morgan fingerprint density at radius 1 is 1.22 bits per heavy atom. The van der Waals surface area contributed by atoms with E-state index in [0.29, 0.717) is 6.61 Å². The average molecular weight is 384 g/mol. The summed E-state index contributed by atoms with van der Waals surface area (Å²) < 4.78 is 7.74. The maximum Gasteiger partial charge on any atom is 0.329 e. The number of ether oxygens (including phenoxy) is 1. The molecule has 5 heteroatoms. The lowest BCUT2D eigenvalue weighted by Gasteiger charge is -2.10. The predicted octanol–water partition coefficient (Wildman–Crippen LogP) is 5.48. The largest absolute Gasteiger partial charge is 0.494 e. The third-order valence-corrected chi connectivity index (χ3v) is 5.07. The Balaban J connectivity index is 1.68. The molecule has 0 aliphatic rings. The van der Waals surface area contributed by atoms with E-state index < -0.39 is 5.97 Å². The first-order valence-corrected chi connectivity index (χ1v) is 9.22. The molecule has 2 aromatic carbocycles. The Labute approximate surface area is 163 Å². The quantitative estimate of drug-likeness (QED) is 0.434. The van der Waals surface area contributed by atoms with Gasteiger partial charge in [-0.05, 0) is 61.6 Å². The highest BCUT2D eigenvalue weighted by atomic mass is 35.5. The van der Waals surface area contributed by atoms with E-state index in [0.717, 1.165) is 51.7 Å². The fraction of sp³-hybridized carbons (Fsp3) is 0.227. The van der Waals surface area contributed by atoms with Crippen molar-refractivity contribution in [2.45, 2.75) is 26.7 Å². The number of fused-ring (bicyclic) bond motifs is 1. The smallest absolute Gasteiger partial charge is 0.329 e. The second-order valence-corrected chi connectivity index (χ2v) is 6.93. The van der Waals surface area contributed by atoms with E-state index in [2.05, 4.69) is 6.07 Å². The second kappa shape index (κ2) is 8.31. The maximum atomic E-state index is 10.8. The number of benzene rings is 2. The number of hydrogen-bond donors (Lipinski definition) is 1. The number of aryl methyl sites for hydroxylation is 3. The standard InChI is InChI=1S/C22H22ClNO3/c1-15-12-18(13-16(2)22(15)23)27-11-5-6-17-14-24(10-9-21(25)26)20-8-4-3-7-19(17)20/h3-4,7-10,12-14H,5-6,11H2,1-2H3,(H,25,26). The minimum atomic E-state index is -0.962. The number of rotatable bonds is 7. The van der Waals surface area contributed by atoms with Crippen LogP contribution in [-0.2, 0) is 11.2 Å². The molecular formula is C22H22ClNO3. The van der Waals surface area contributed by atoms with Crippen LogP contribution in [0.4, 0.5) is 0 Å². The van der Waals surface area contributed by atoms with Crippen molar-refractivity contribution < 1.29 is 14.6 Å². The molecule has 0 aliphatic carbocycles. The summed E-state index contributed by atoms with van der Waals surface area (Å²) in [4.78, 5) is 10.8. The fourth-order valence-corrected chi connectivity index (χ4v) is 3.30. The molecule has 0 atom stereocenters. The average Bonchev–Trinajstić information content (AvgIpc) is 2.99. The van der Waals surface area contributed by atoms with Crippen LogP contribution in [-0.4, -0.2) is 22.2 Å². The first kappa shape index (κ1) is 19.1. The van der Waals surface area contributed by atoms with Crippen LogP contribution in [0.25, 0.3) is 17.1 Å². The van der Waals surface area contributed by atoms with Crippen LogP contribution in [0.5, 0.6) is 5.75 Å². The Kier molecular flexibility index (Phi) is 5.87. The summed E-state index contributed by atoms with van der Waals surface area (Å²) in [5.74, 6) is -0.127. The molecule has 27 heavy (non-hydrogen) atoms. The zero-order valence-corrected chi connectivity index (χ0v) is 16.2. The first-order chi connectivity index (χ1) is 13.0. The molecular weight excluding hydrogens is 362 g/mol. The predicted molar refractivity (Wildman–Crippen MR) is 110 cm³/mol. The number of aliphatic carboxylic acids is 1. The minimum Gasteiger partial charge on any atom is -0.494 e. The lowest BCUT2D eigenvalue weighted by atomic mass is 10.1. The highest BCUT2D eigenvalue weighted by Gasteiger charge is 2.08. The Hall–Kier alpha value is -2.72. The van der Waals surface area contributed by atoms with E-state index >= 15 is 0 Å². The van der Waals surface area contributed by atoms with Crippen LogP contribution in [0.1, 0.15) is 23.1 Å². The summed E-state index contributed by atoms with van der Waals surface area (Å²) in [5.41, 5.74) is 4.20. The SMILES string of the molecule is Cc1cc(OCCCc2cn(C=CC(=O)O)c3ccccc23)cc(C)c1Cl. The molecule has 0 aliphatic heterocycles. The molecule has 0 amide bonds. The van der Waals surface area contributed by atoms with Gasteiger partial charge in [-0.25, -0.2) is 4.79 Å². The van der Waals surface area contributed by atoms with E-state index in [1.54, 1.807) is 6.20 Å². The molecule has 0 bridgehead atoms. The van der Waals surface area contributed by atoms with Crippen molar-refractivity contribution in [1.82, 2.24) is 4.57 Å². The van der Waals surface area contributed by atoms with Crippen LogP contribution in [0.3, 0.4) is 0 Å². The first-order valence-electron chi connectivity index (χ1n) is 8.85. The highest BCUT2D eigenvalue weighted by Crippen LogP contribution is 2.26. The van der Waals surface area contributed by atoms with E-state index in [1.807, 2.05) is 54.9 Å². The summed E-state index contributed by atoms with van der Waals surface area (Å²) in [6.45, 7) is 4.55. The molecule has 0 fully saturated rings. The molecule has 140 valence electrons. The van der Waals surface area contributed by atoms with E-state index in [-0.39, 0.29) is 0 Å². The molecule has 0 radical (unpaired) electrons. The van der Waals surface area contributed by atoms with Crippen molar-refractivity contribution in [1.29, 1.82) is 0 Å². The summed E-state index contributed by atoms with van der Waals surface area (Å²) in [6.07, 6.45) is 6.41. The van der Waals surface area contributed by atoms with Crippen molar-refractivity contribution in [3.63, 3.8) is 0 Å².